The average Bonchev–Trinajstić information content (AvgIpc) is 3.15. The second-order valence-electron chi connectivity index (χ2n) is 6.22. The van der Waals surface area contributed by atoms with Crippen LogP contribution in [0.1, 0.15) is 16.1 Å². The minimum atomic E-state index is -0.698. The summed E-state index contributed by atoms with van der Waals surface area (Å²) in [6.07, 6.45) is 1.56. The summed E-state index contributed by atoms with van der Waals surface area (Å²) in [6.45, 7) is 0. The van der Waals surface area contributed by atoms with E-state index in [-0.39, 0.29) is 5.70 Å². The number of aromatic nitrogens is 3. The number of hydrogen-bond donors (Lipinski definition) is 1. The van der Waals surface area contributed by atoms with Crippen molar-refractivity contribution in [2.24, 2.45) is 0 Å². The van der Waals surface area contributed by atoms with Gasteiger partial charge in [-0.1, -0.05) is 18.2 Å². The summed E-state index contributed by atoms with van der Waals surface area (Å²) in [7, 11) is 6.24. The van der Waals surface area contributed by atoms with Crippen molar-refractivity contribution >= 4 is 23.2 Å². The number of nitrogens with zero attached hydrogens (tertiary/aromatic N) is 4. The van der Waals surface area contributed by atoms with Crippen LogP contribution in [0.5, 0.6) is 5.88 Å². The van der Waals surface area contributed by atoms with Gasteiger partial charge in [0.05, 0.1) is 26.1 Å². The highest BCUT2D eigenvalue weighted by molar-refractivity contribution is 6.04. The highest BCUT2D eigenvalue weighted by Crippen LogP contribution is 2.23. The zero-order valence-electron chi connectivity index (χ0n) is 16.5. The first-order valence-electron chi connectivity index (χ1n) is 8.71. The van der Waals surface area contributed by atoms with E-state index in [1.54, 1.807) is 67.7 Å². The molecule has 1 N–H and O–H groups in total. The van der Waals surface area contributed by atoms with Gasteiger partial charge in [0, 0.05) is 25.7 Å². The lowest BCUT2D eigenvalue weighted by Gasteiger charge is -2.21. The first-order chi connectivity index (χ1) is 14.0. The van der Waals surface area contributed by atoms with Gasteiger partial charge >= 0.3 is 5.97 Å². The van der Waals surface area contributed by atoms with Crippen LogP contribution in [-0.2, 0) is 9.53 Å². The van der Waals surface area contributed by atoms with Gasteiger partial charge in [-0.2, -0.15) is 0 Å². The third-order valence-electron chi connectivity index (χ3n) is 4.14. The molecular formula is C20H21N5O4. The lowest BCUT2D eigenvalue weighted by Crippen LogP contribution is -2.32. The highest BCUT2D eigenvalue weighted by atomic mass is 16.5. The number of ether oxygens (including phenoxy) is 2. The molecule has 0 spiro atoms. The molecule has 0 atom stereocenters. The van der Waals surface area contributed by atoms with Gasteiger partial charge in [0.2, 0.25) is 5.88 Å². The maximum atomic E-state index is 12.7. The second kappa shape index (κ2) is 8.42. The second-order valence-corrected chi connectivity index (χ2v) is 6.22. The van der Waals surface area contributed by atoms with Crippen molar-refractivity contribution in [3.05, 3.63) is 65.6 Å². The summed E-state index contributed by atoms with van der Waals surface area (Å²) in [5, 5.41) is 7.04. The first kappa shape index (κ1) is 19.9. The Balaban J connectivity index is 2.17. The number of carbonyl (C=O) groups excluding carboxylic acids is 2. The summed E-state index contributed by atoms with van der Waals surface area (Å²) in [4.78, 5) is 31.3. The van der Waals surface area contributed by atoms with Crippen LogP contribution in [0.25, 0.3) is 11.3 Å². The Kier molecular flexibility index (Phi) is 5.77. The minimum Gasteiger partial charge on any atom is -0.480 e. The van der Waals surface area contributed by atoms with Crippen molar-refractivity contribution in [3.8, 4) is 5.88 Å². The van der Waals surface area contributed by atoms with E-state index in [2.05, 4.69) is 15.4 Å². The van der Waals surface area contributed by atoms with Gasteiger partial charge in [0.25, 0.3) is 5.91 Å². The van der Waals surface area contributed by atoms with Crippen molar-refractivity contribution < 1.29 is 19.1 Å². The molecule has 2 heterocycles. The van der Waals surface area contributed by atoms with Gasteiger partial charge in [-0.3, -0.25) is 4.79 Å². The van der Waals surface area contributed by atoms with Crippen LogP contribution in [0.15, 0.2) is 54.4 Å². The molecule has 1 amide bonds. The molecule has 3 rings (SSSR count). The number of benzene rings is 1. The molecule has 9 nitrogen and oxygen atoms in total. The Morgan fingerprint density at radius 3 is 2.41 bits per heavy atom. The molecule has 0 saturated heterocycles. The number of esters is 1. The fourth-order valence-corrected chi connectivity index (χ4v) is 2.79. The molecule has 0 aliphatic heterocycles. The predicted molar refractivity (Wildman–Crippen MR) is 106 cm³/mol. The molecule has 150 valence electrons. The number of amides is 1. The quantitative estimate of drug-likeness (QED) is 0.500. The van der Waals surface area contributed by atoms with Crippen molar-refractivity contribution in [3.63, 3.8) is 0 Å². The monoisotopic (exact) mass is 395 g/mol. The summed E-state index contributed by atoms with van der Waals surface area (Å²) in [6, 6.07) is 12.0. The van der Waals surface area contributed by atoms with Crippen molar-refractivity contribution in [1.29, 1.82) is 0 Å². The summed E-state index contributed by atoms with van der Waals surface area (Å²) in [5.74, 6) is -0.761. The fourth-order valence-electron chi connectivity index (χ4n) is 2.79. The van der Waals surface area contributed by atoms with Crippen molar-refractivity contribution in [2.75, 3.05) is 28.3 Å². The van der Waals surface area contributed by atoms with E-state index >= 15 is 0 Å². The molecular weight excluding hydrogens is 374 g/mol. The van der Waals surface area contributed by atoms with Gasteiger partial charge in [-0.05, 0) is 18.2 Å². The Morgan fingerprint density at radius 1 is 1.07 bits per heavy atom. The average molecular weight is 395 g/mol. The number of carbonyl (C=O) groups is 2. The van der Waals surface area contributed by atoms with Crippen LogP contribution in [0.2, 0.25) is 0 Å². The van der Waals surface area contributed by atoms with E-state index in [0.717, 1.165) is 0 Å². The van der Waals surface area contributed by atoms with Crippen LogP contribution < -0.4 is 10.1 Å². The fraction of sp³-hybridized carbons (Fsp3) is 0.200. The Morgan fingerprint density at radius 2 is 1.79 bits per heavy atom. The summed E-state index contributed by atoms with van der Waals surface area (Å²) in [5.41, 5.74) is 1.80. The molecule has 29 heavy (non-hydrogen) atoms. The van der Waals surface area contributed by atoms with Crippen molar-refractivity contribution in [2.45, 2.75) is 0 Å². The van der Waals surface area contributed by atoms with Crippen LogP contribution in [0, 0.1) is 0 Å². The number of nitrogens with one attached hydrogen (secondary N) is 1. The maximum absolute atomic E-state index is 12.7. The molecule has 0 unspecified atom stereocenters. The van der Waals surface area contributed by atoms with Crippen LogP contribution >= 0.6 is 0 Å². The van der Waals surface area contributed by atoms with Gasteiger partial charge in [0.15, 0.2) is 11.3 Å². The Hall–Kier alpha value is -3.88. The van der Waals surface area contributed by atoms with Gasteiger partial charge < -0.3 is 19.7 Å². The normalized spacial score (nSPS) is 11.6. The van der Waals surface area contributed by atoms with Gasteiger partial charge in [0.1, 0.15) is 5.69 Å². The van der Waals surface area contributed by atoms with E-state index in [4.69, 9.17) is 9.47 Å². The number of fused-ring (bicyclic) bond motifs is 1. The van der Waals surface area contributed by atoms with Gasteiger partial charge in [-0.25, -0.2) is 14.3 Å². The SMILES string of the molecule is COC(=O)/C(NC(=O)c1ccccc1)=C(\c1cnc2ccc(OC)nn12)N(C)C. The molecule has 0 saturated carbocycles. The molecule has 0 fully saturated rings. The lowest BCUT2D eigenvalue weighted by molar-refractivity contribution is -0.136. The summed E-state index contributed by atoms with van der Waals surface area (Å²) < 4.78 is 11.6. The van der Waals surface area contributed by atoms with E-state index in [1.165, 1.54) is 18.7 Å². The lowest BCUT2D eigenvalue weighted by atomic mass is 10.2. The predicted octanol–water partition coefficient (Wildman–Crippen LogP) is 1.57. The van der Waals surface area contributed by atoms with E-state index in [1.807, 2.05) is 0 Å². The maximum Gasteiger partial charge on any atom is 0.356 e. The van der Waals surface area contributed by atoms with Crippen LogP contribution in [0.3, 0.4) is 0 Å². The Labute approximate surface area is 167 Å². The minimum absolute atomic E-state index is 0.0298. The molecule has 0 radical (unpaired) electrons. The number of methoxy groups -OCH3 is 2. The summed E-state index contributed by atoms with van der Waals surface area (Å²) >= 11 is 0. The third-order valence-corrected chi connectivity index (χ3v) is 4.14. The zero-order chi connectivity index (χ0) is 21.0. The first-order valence-corrected chi connectivity index (χ1v) is 8.71. The number of rotatable bonds is 6. The third kappa shape index (κ3) is 4.03. The topological polar surface area (TPSA) is 98.1 Å². The zero-order valence-corrected chi connectivity index (χ0v) is 16.5. The van der Waals surface area contributed by atoms with Crippen LogP contribution in [-0.4, -0.2) is 59.7 Å². The van der Waals surface area contributed by atoms with E-state index in [9.17, 15) is 9.59 Å². The molecule has 0 aliphatic carbocycles. The smallest absolute Gasteiger partial charge is 0.356 e. The molecule has 1 aromatic carbocycles. The molecule has 3 aromatic rings. The van der Waals surface area contributed by atoms with E-state index in [0.29, 0.717) is 28.5 Å². The number of hydrogen-bond acceptors (Lipinski definition) is 7. The Bertz CT molecular complexity index is 1070. The largest absolute Gasteiger partial charge is 0.480 e. The molecule has 0 aliphatic rings. The van der Waals surface area contributed by atoms with Crippen molar-refractivity contribution in [1.82, 2.24) is 24.8 Å². The molecule has 0 bridgehead atoms. The highest BCUT2D eigenvalue weighted by Gasteiger charge is 2.25. The molecule has 9 heteroatoms. The van der Waals surface area contributed by atoms with Crippen LogP contribution in [0.4, 0.5) is 0 Å². The number of imidazole rings is 1. The van der Waals surface area contributed by atoms with Gasteiger partial charge in [-0.15, -0.1) is 5.10 Å². The molecule has 2 aromatic heterocycles. The standard InChI is InChI=1S/C20H21N5O4/c1-24(2)18(14-12-21-15-10-11-16(28-3)23-25(14)15)17(20(27)29-4)22-19(26)13-8-6-5-7-9-13/h5-12H,1-4H3,(H,22,26)/b18-17-. The van der Waals surface area contributed by atoms with E-state index < -0.39 is 11.9 Å².